The van der Waals surface area contributed by atoms with Crippen molar-refractivity contribution in [1.82, 2.24) is 9.88 Å². The molecule has 1 aromatic carbocycles. The number of benzene rings is 1. The predicted octanol–water partition coefficient (Wildman–Crippen LogP) is 4.69. The SMILES string of the molecule is C[C@H](c1ncccc1F)c1c(CCN(C)C)sc2ccccc12. The zero-order valence-electron chi connectivity index (χ0n) is 13.7. The van der Waals surface area contributed by atoms with Gasteiger partial charge in [-0.2, -0.15) is 0 Å². The molecule has 0 fully saturated rings. The Morgan fingerprint density at radius 3 is 2.70 bits per heavy atom. The van der Waals surface area contributed by atoms with E-state index < -0.39 is 0 Å². The topological polar surface area (TPSA) is 16.1 Å². The van der Waals surface area contributed by atoms with E-state index in [2.05, 4.69) is 55.2 Å². The minimum atomic E-state index is -0.228. The Bertz CT molecular complexity index is 810. The Balaban J connectivity index is 2.10. The zero-order valence-corrected chi connectivity index (χ0v) is 14.5. The summed E-state index contributed by atoms with van der Waals surface area (Å²) >= 11 is 1.82. The van der Waals surface area contributed by atoms with Crippen LogP contribution in [0, 0.1) is 5.82 Å². The molecule has 0 spiro atoms. The first-order chi connectivity index (χ1) is 11.1. The van der Waals surface area contributed by atoms with Crippen LogP contribution in [-0.2, 0) is 6.42 Å². The molecule has 2 heterocycles. The molecule has 0 bridgehead atoms. The molecule has 0 saturated carbocycles. The molecule has 2 aromatic heterocycles. The molecular formula is C19H21FN2S. The molecule has 23 heavy (non-hydrogen) atoms. The molecule has 3 aromatic rings. The number of hydrogen-bond acceptors (Lipinski definition) is 3. The highest BCUT2D eigenvalue weighted by atomic mass is 32.1. The highest BCUT2D eigenvalue weighted by Gasteiger charge is 2.22. The molecule has 0 saturated heterocycles. The van der Waals surface area contributed by atoms with Crippen LogP contribution in [0.5, 0.6) is 0 Å². The number of aromatic nitrogens is 1. The van der Waals surface area contributed by atoms with Crippen LogP contribution < -0.4 is 0 Å². The molecule has 0 N–H and O–H groups in total. The maximum Gasteiger partial charge on any atom is 0.145 e. The van der Waals surface area contributed by atoms with Gasteiger partial charge in [-0.3, -0.25) is 4.98 Å². The largest absolute Gasteiger partial charge is 0.309 e. The van der Waals surface area contributed by atoms with Crippen molar-refractivity contribution in [2.45, 2.75) is 19.3 Å². The van der Waals surface area contributed by atoms with E-state index in [1.165, 1.54) is 26.6 Å². The van der Waals surface area contributed by atoms with Gasteiger partial charge in [-0.05, 0) is 49.7 Å². The minimum Gasteiger partial charge on any atom is -0.309 e. The maximum atomic E-state index is 14.2. The van der Waals surface area contributed by atoms with Crippen molar-refractivity contribution >= 4 is 21.4 Å². The van der Waals surface area contributed by atoms with Crippen molar-refractivity contribution in [3.05, 3.63) is 64.5 Å². The van der Waals surface area contributed by atoms with Gasteiger partial charge in [0.25, 0.3) is 0 Å². The van der Waals surface area contributed by atoms with E-state index in [0.717, 1.165) is 13.0 Å². The third-order valence-electron chi connectivity index (χ3n) is 4.13. The molecule has 120 valence electrons. The van der Waals surface area contributed by atoms with Crippen molar-refractivity contribution in [3.8, 4) is 0 Å². The summed E-state index contributed by atoms with van der Waals surface area (Å²) in [5.41, 5.74) is 1.76. The lowest BCUT2D eigenvalue weighted by molar-refractivity contribution is 0.414. The van der Waals surface area contributed by atoms with E-state index in [1.807, 2.05) is 11.3 Å². The zero-order chi connectivity index (χ0) is 16.4. The van der Waals surface area contributed by atoms with Gasteiger partial charge < -0.3 is 4.90 Å². The normalized spacial score (nSPS) is 12.9. The smallest absolute Gasteiger partial charge is 0.145 e. The number of halogens is 1. The second-order valence-electron chi connectivity index (χ2n) is 6.08. The third kappa shape index (κ3) is 3.28. The molecule has 0 aliphatic rings. The van der Waals surface area contributed by atoms with Crippen molar-refractivity contribution in [3.63, 3.8) is 0 Å². The van der Waals surface area contributed by atoms with Crippen LogP contribution in [-0.4, -0.2) is 30.5 Å². The lowest BCUT2D eigenvalue weighted by atomic mass is 9.93. The molecule has 0 unspecified atom stereocenters. The number of hydrogen-bond donors (Lipinski definition) is 0. The fourth-order valence-electron chi connectivity index (χ4n) is 2.95. The average Bonchev–Trinajstić information content (AvgIpc) is 2.91. The Hall–Kier alpha value is -1.78. The summed E-state index contributed by atoms with van der Waals surface area (Å²) in [4.78, 5) is 7.81. The number of pyridine rings is 1. The van der Waals surface area contributed by atoms with E-state index in [9.17, 15) is 4.39 Å². The molecule has 1 atom stereocenters. The van der Waals surface area contributed by atoms with Crippen LogP contribution in [0.3, 0.4) is 0 Å². The monoisotopic (exact) mass is 328 g/mol. The van der Waals surface area contributed by atoms with Gasteiger partial charge in [-0.25, -0.2) is 4.39 Å². The lowest BCUT2D eigenvalue weighted by Gasteiger charge is -2.15. The summed E-state index contributed by atoms with van der Waals surface area (Å²) in [6.45, 7) is 3.04. The summed E-state index contributed by atoms with van der Waals surface area (Å²) < 4.78 is 15.5. The first-order valence-electron chi connectivity index (χ1n) is 7.83. The first-order valence-corrected chi connectivity index (χ1v) is 8.65. The van der Waals surface area contributed by atoms with Gasteiger partial charge in [0.05, 0.1) is 5.69 Å². The van der Waals surface area contributed by atoms with Gasteiger partial charge in [0.1, 0.15) is 5.82 Å². The second kappa shape index (κ2) is 6.77. The van der Waals surface area contributed by atoms with Crippen LogP contribution in [0.1, 0.15) is 29.0 Å². The van der Waals surface area contributed by atoms with Crippen molar-refractivity contribution in [2.75, 3.05) is 20.6 Å². The van der Waals surface area contributed by atoms with Crippen LogP contribution >= 0.6 is 11.3 Å². The average molecular weight is 328 g/mol. The van der Waals surface area contributed by atoms with Gasteiger partial charge in [0.2, 0.25) is 0 Å². The standard InChI is InChI=1S/C19H21FN2S/c1-13(19-15(20)8-6-11-21-19)18-14-7-4-5-9-16(14)23-17(18)10-12-22(2)3/h4-9,11,13H,10,12H2,1-3H3/t13-/m0/s1. The first kappa shape index (κ1) is 16.1. The number of rotatable bonds is 5. The number of thiophene rings is 1. The molecule has 2 nitrogen and oxygen atoms in total. The van der Waals surface area contributed by atoms with Crippen LogP contribution in [0.2, 0.25) is 0 Å². The molecule has 0 aliphatic heterocycles. The molecule has 3 rings (SSSR count). The summed E-state index contributed by atoms with van der Waals surface area (Å²) in [5, 5.41) is 1.23. The fraction of sp³-hybridized carbons (Fsp3) is 0.316. The lowest BCUT2D eigenvalue weighted by Crippen LogP contribution is -2.15. The molecule has 0 radical (unpaired) electrons. The van der Waals surface area contributed by atoms with E-state index in [4.69, 9.17) is 0 Å². The van der Waals surface area contributed by atoms with Crippen LogP contribution in [0.4, 0.5) is 4.39 Å². The van der Waals surface area contributed by atoms with E-state index in [1.54, 1.807) is 12.3 Å². The Morgan fingerprint density at radius 1 is 1.17 bits per heavy atom. The van der Waals surface area contributed by atoms with Crippen LogP contribution in [0.15, 0.2) is 42.6 Å². The quantitative estimate of drug-likeness (QED) is 0.675. The Labute approximate surface area is 140 Å². The predicted molar refractivity (Wildman–Crippen MR) is 95.8 cm³/mol. The van der Waals surface area contributed by atoms with Gasteiger partial charge >= 0.3 is 0 Å². The fourth-order valence-corrected chi connectivity index (χ4v) is 4.24. The second-order valence-corrected chi connectivity index (χ2v) is 7.22. The van der Waals surface area contributed by atoms with Gasteiger partial charge in [0.15, 0.2) is 0 Å². The maximum absolute atomic E-state index is 14.2. The Morgan fingerprint density at radius 2 is 1.96 bits per heavy atom. The summed E-state index contributed by atoms with van der Waals surface area (Å²) in [6.07, 6.45) is 2.64. The molecule has 0 aliphatic carbocycles. The number of likely N-dealkylation sites (N-methyl/N-ethyl adjacent to an activating group) is 1. The van der Waals surface area contributed by atoms with Crippen molar-refractivity contribution < 1.29 is 4.39 Å². The van der Waals surface area contributed by atoms with E-state index >= 15 is 0 Å². The van der Waals surface area contributed by atoms with E-state index in [0.29, 0.717) is 5.69 Å². The highest BCUT2D eigenvalue weighted by molar-refractivity contribution is 7.19. The summed E-state index contributed by atoms with van der Waals surface area (Å²) in [5.74, 6) is -0.279. The van der Waals surface area contributed by atoms with Crippen LogP contribution in [0.25, 0.3) is 10.1 Å². The van der Waals surface area contributed by atoms with Crippen molar-refractivity contribution in [2.24, 2.45) is 0 Å². The highest BCUT2D eigenvalue weighted by Crippen LogP contribution is 2.39. The number of nitrogens with zero attached hydrogens (tertiary/aromatic N) is 2. The van der Waals surface area contributed by atoms with Crippen molar-refractivity contribution in [1.29, 1.82) is 0 Å². The molecule has 4 heteroatoms. The Kier molecular flexibility index (Phi) is 4.74. The summed E-state index contributed by atoms with van der Waals surface area (Å²) in [6, 6.07) is 11.5. The third-order valence-corrected chi connectivity index (χ3v) is 5.37. The van der Waals surface area contributed by atoms with Gasteiger partial charge in [0, 0.05) is 28.2 Å². The minimum absolute atomic E-state index is 0.0514. The molecular weight excluding hydrogens is 307 g/mol. The molecule has 0 amide bonds. The van der Waals surface area contributed by atoms with Gasteiger partial charge in [-0.15, -0.1) is 11.3 Å². The van der Waals surface area contributed by atoms with Gasteiger partial charge in [-0.1, -0.05) is 25.1 Å². The number of fused-ring (bicyclic) bond motifs is 1. The summed E-state index contributed by atoms with van der Waals surface area (Å²) in [7, 11) is 4.16. The van der Waals surface area contributed by atoms with E-state index in [-0.39, 0.29) is 11.7 Å².